The number of benzene rings is 1. The summed E-state index contributed by atoms with van der Waals surface area (Å²) in [6.07, 6.45) is 2.93. The minimum Gasteiger partial charge on any atom is -0.305 e. The largest absolute Gasteiger partial charge is 0.305 e. The van der Waals surface area contributed by atoms with Crippen LogP contribution in [-0.2, 0) is 16.0 Å². The number of carbonyl (C=O) groups is 2. The molecule has 0 saturated heterocycles. The van der Waals surface area contributed by atoms with Gasteiger partial charge in [-0.2, -0.15) is 10.4 Å². The quantitative estimate of drug-likeness (QED) is 0.915. The first-order chi connectivity index (χ1) is 12.5. The molecule has 2 amide bonds. The van der Waals surface area contributed by atoms with Crippen molar-refractivity contribution in [1.82, 2.24) is 9.99 Å². The zero-order chi connectivity index (χ0) is 18.5. The van der Waals surface area contributed by atoms with Crippen molar-refractivity contribution < 1.29 is 9.59 Å². The molecule has 2 aromatic rings. The lowest BCUT2D eigenvalue weighted by Gasteiger charge is -2.18. The van der Waals surface area contributed by atoms with Gasteiger partial charge < -0.3 is 5.32 Å². The van der Waals surface area contributed by atoms with Gasteiger partial charge in [0.2, 0.25) is 5.91 Å². The zero-order valence-corrected chi connectivity index (χ0v) is 14.3. The van der Waals surface area contributed by atoms with Crippen molar-refractivity contribution in [3.8, 4) is 6.07 Å². The fourth-order valence-electron chi connectivity index (χ4n) is 2.61. The third-order valence-corrected chi connectivity index (χ3v) is 4.00. The van der Waals surface area contributed by atoms with E-state index in [2.05, 4.69) is 21.5 Å². The number of nitrogens with zero attached hydrogens (tertiary/aromatic N) is 4. The average molecular weight is 347 g/mol. The van der Waals surface area contributed by atoms with E-state index in [0.717, 1.165) is 11.1 Å². The summed E-state index contributed by atoms with van der Waals surface area (Å²) in [5.74, 6) is -0.0393. The summed E-state index contributed by atoms with van der Waals surface area (Å²) in [4.78, 5) is 27.9. The SMILES string of the molecule is CN1N=C(C(=O)Nc2ccc(Cc3cccc(C#N)c3)cn2)CCC1=O. The number of aromatic nitrogens is 1. The van der Waals surface area contributed by atoms with E-state index in [9.17, 15) is 9.59 Å². The number of nitrogens with one attached hydrogen (secondary N) is 1. The smallest absolute Gasteiger partial charge is 0.273 e. The predicted molar refractivity (Wildman–Crippen MR) is 96.3 cm³/mol. The lowest BCUT2D eigenvalue weighted by molar-refractivity contribution is -0.130. The van der Waals surface area contributed by atoms with Crippen molar-refractivity contribution in [3.63, 3.8) is 0 Å². The molecule has 0 radical (unpaired) electrons. The molecule has 130 valence electrons. The number of nitriles is 1. The molecule has 1 aliphatic rings. The Bertz CT molecular complexity index is 912. The number of amides is 2. The van der Waals surface area contributed by atoms with Gasteiger partial charge in [0.1, 0.15) is 11.5 Å². The van der Waals surface area contributed by atoms with Gasteiger partial charge in [-0.1, -0.05) is 18.2 Å². The topological polar surface area (TPSA) is 98.5 Å². The minimum absolute atomic E-state index is 0.107. The second kappa shape index (κ2) is 7.57. The first kappa shape index (κ1) is 17.3. The zero-order valence-electron chi connectivity index (χ0n) is 14.3. The molecule has 0 fully saturated rings. The lowest BCUT2D eigenvalue weighted by atomic mass is 10.0. The highest BCUT2D eigenvalue weighted by atomic mass is 16.2. The molecule has 1 N–H and O–H groups in total. The van der Waals surface area contributed by atoms with Crippen LogP contribution in [0.5, 0.6) is 0 Å². The Kier molecular flexibility index (Phi) is 5.04. The maximum atomic E-state index is 12.2. The Labute approximate surface area is 151 Å². The summed E-state index contributed by atoms with van der Waals surface area (Å²) < 4.78 is 0. The third kappa shape index (κ3) is 4.11. The van der Waals surface area contributed by atoms with Crippen molar-refractivity contribution in [2.75, 3.05) is 12.4 Å². The molecule has 1 aromatic heterocycles. The van der Waals surface area contributed by atoms with Gasteiger partial charge in [0, 0.05) is 26.1 Å². The molecule has 1 aliphatic heterocycles. The van der Waals surface area contributed by atoms with Gasteiger partial charge in [0.05, 0.1) is 11.6 Å². The lowest BCUT2D eigenvalue weighted by Crippen LogP contribution is -2.34. The van der Waals surface area contributed by atoms with E-state index in [-0.39, 0.29) is 18.2 Å². The molecular weight excluding hydrogens is 330 g/mol. The van der Waals surface area contributed by atoms with Crippen molar-refractivity contribution in [2.24, 2.45) is 5.10 Å². The van der Waals surface area contributed by atoms with Crippen molar-refractivity contribution in [2.45, 2.75) is 19.3 Å². The maximum absolute atomic E-state index is 12.2. The maximum Gasteiger partial charge on any atom is 0.273 e. The summed E-state index contributed by atoms with van der Waals surface area (Å²) in [6, 6.07) is 13.1. The molecule has 0 unspecified atom stereocenters. The summed E-state index contributed by atoms with van der Waals surface area (Å²) in [7, 11) is 1.53. The van der Waals surface area contributed by atoms with Crippen LogP contribution in [0.1, 0.15) is 29.5 Å². The molecule has 7 heteroatoms. The molecule has 0 saturated carbocycles. The molecule has 0 aliphatic carbocycles. The van der Waals surface area contributed by atoms with Crippen LogP contribution in [0.4, 0.5) is 5.82 Å². The Hall–Kier alpha value is -3.53. The highest BCUT2D eigenvalue weighted by Crippen LogP contribution is 2.13. The van der Waals surface area contributed by atoms with E-state index < -0.39 is 0 Å². The molecule has 0 spiro atoms. The number of rotatable bonds is 4. The standard InChI is InChI=1S/C19H17N5O2/c1-24-18(25)8-6-16(23-24)19(26)22-17-7-5-15(12-21-17)10-13-3-2-4-14(9-13)11-20/h2-5,7,9,12H,6,8,10H2,1H3,(H,21,22,26). The molecule has 0 bridgehead atoms. The first-order valence-corrected chi connectivity index (χ1v) is 8.14. The van der Waals surface area contributed by atoms with E-state index in [1.54, 1.807) is 18.3 Å². The molecular formula is C19H17N5O2. The van der Waals surface area contributed by atoms with Gasteiger partial charge in [-0.15, -0.1) is 0 Å². The molecule has 2 heterocycles. The second-order valence-electron chi connectivity index (χ2n) is 5.96. The van der Waals surface area contributed by atoms with Gasteiger partial charge >= 0.3 is 0 Å². The van der Waals surface area contributed by atoms with E-state index in [4.69, 9.17) is 5.26 Å². The molecule has 26 heavy (non-hydrogen) atoms. The van der Waals surface area contributed by atoms with E-state index >= 15 is 0 Å². The first-order valence-electron chi connectivity index (χ1n) is 8.14. The Balaban J connectivity index is 1.64. The van der Waals surface area contributed by atoms with Gasteiger partial charge in [-0.05, 0) is 35.7 Å². The summed E-state index contributed by atoms with van der Waals surface area (Å²) >= 11 is 0. The molecule has 0 atom stereocenters. The Morgan fingerprint density at radius 1 is 1.27 bits per heavy atom. The van der Waals surface area contributed by atoms with Crippen LogP contribution < -0.4 is 5.32 Å². The number of hydrogen-bond acceptors (Lipinski definition) is 5. The fourth-order valence-corrected chi connectivity index (χ4v) is 2.61. The average Bonchev–Trinajstić information content (AvgIpc) is 2.65. The fraction of sp³-hybridized carbons (Fsp3) is 0.211. The normalized spacial score (nSPS) is 13.8. The van der Waals surface area contributed by atoms with E-state index in [1.165, 1.54) is 12.1 Å². The number of hydrogen-bond donors (Lipinski definition) is 1. The minimum atomic E-state index is -0.355. The monoisotopic (exact) mass is 347 g/mol. The van der Waals surface area contributed by atoms with Crippen molar-refractivity contribution >= 4 is 23.3 Å². The number of anilines is 1. The Morgan fingerprint density at radius 3 is 2.81 bits per heavy atom. The number of carbonyl (C=O) groups excluding carboxylic acids is 2. The van der Waals surface area contributed by atoms with Crippen LogP contribution in [0.3, 0.4) is 0 Å². The van der Waals surface area contributed by atoms with Crippen LogP contribution >= 0.6 is 0 Å². The van der Waals surface area contributed by atoms with E-state index in [0.29, 0.717) is 29.9 Å². The molecule has 1 aromatic carbocycles. The summed E-state index contributed by atoms with van der Waals surface area (Å²) in [5, 5.41) is 16.8. The van der Waals surface area contributed by atoms with Crippen molar-refractivity contribution in [3.05, 3.63) is 59.3 Å². The van der Waals surface area contributed by atoms with Gasteiger partial charge in [0.15, 0.2) is 0 Å². The van der Waals surface area contributed by atoms with Gasteiger partial charge in [0.25, 0.3) is 5.91 Å². The highest BCUT2D eigenvalue weighted by molar-refractivity contribution is 6.43. The third-order valence-electron chi connectivity index (χ3n) is 4.00. The Morgan fingerprint density at radius 2 is 2.12 bits per heavy atom. The highest BCUT2D eigenvalue weighted by Gasteiger charge is 2.22. The van der Waals surface area contributed by atoms with Gasteiger partial charge in [-0.3, -0.25) is 9.59 Å². The number of pyridine rings is 1. The van der Waals surface area contributed by atoms with E-state index in [1.807, 2.05) is 24.3 Å². The second-order valence-corrected chi connectivity index (χ2v) is 5.96. The molecule has 7 nitrogen and oxygen atoms in total. The van der Waals surface area contributed by atoms with Crippen LogP contribution in [0.2, 0.25) is 0 Å². The molecule has 3 rings (SSSR count). The van der Waals surface area contributed by atoms with Crippen LogP contribution in [0.15, 0.2) is 47.7 Å². The van der Waals surface area contributed by atoms with Gasteiger partial charge in [-0.25, -0.2) is 9.99 Å². The number of hydrazone groups is 1. The summed E-state index contributed by atoms with van der Waals surface area (Å²) in [6.45, 7) is 0. The van der Waals surface area contributed by atoms with Crippen molar-refractivity contribution in [1.29, 1.82) is 5.26 Å². The summed E-state index contributed by atoms with van der Waals surface area (Å²) in [5.41, 5.74) is 2.92. The van der Waals surface area contributed by atoms with Crippen LogP contribution in [-0.4, -0.2) is 34.6 Å². The van der Waals surface area contributed by atoms with Crippen LogP contribution in [0.25, 0.3) is 0 Å². The van der Waals surface area contributed by atoms with Crippen LogP contribution in [0, 0.1) is 11.3 Å². The predicted octanol–water partition coefficient (Wildman–Crippen LogP) is 2.09.